The Kier molecular flexibility index (Phi) is 3.78. The molecule has 104 valence electrons. The van der Waals surface area contributed by atoms with Gasteiger partial charge in [-0.3, -0.25) is 14.9 Å². The van der Waals surface area contributed by atoms with Crippen molar-refractivity contribution in [2.75, 3.05) is 0 Å². The molecule has 1 unspecified atom stereocenters. The van der Waals surface area contributed by atoms with Crippen molar-refractivity contribution < 1.29 is 18.0 Å². The van der Waals surface area contributed by atoms with Gasteiger partial charge in [-0.15, -0.1) is 0 Å². The van der Waals surface area contributed by atoms with E-state index in [4.69, 9.17) is 5.26 Å². The summed E-state index contributed by atoms with van der Waals surface area (Å²) in [6, 6.07) is 3.23. The molecule has 0 aliphatic carbocycles. The second kappa shape index (κ2) is 5.36. The fourth-order valence-electron chi connectivity index (χ4n) is 1.75. The summed E-state index contributed by atoms with van der Waals surface area (Å²) in [5, 5.41) is 10.9. The van der Waals surface area contributed by atoms with E-state index >= 15 is 0 Å². The Hall–Kier alpha value is -2.31. The zero-order valence-electron chi connectivity index (χ0n) is 10.2. The minimum absolute atomic E-state index is 0.0527. The maximum atomic E-state index is 12.1. The molecule has 1 aliphatic rings. The molecule has 0 saturated carbocycles. The van der Waals surface area contributed by atoms with E-state index in [2.05, 4.69) is 9.71 Å². The number of carbonyl (C=O) groups excluding carboxylic acids is 2. The highest BCUT2D eigenvalue weighted by atomic mass is 32.2. The van der Waals surface area contributed by atoms with Crippen LogP contribution in [-0.4, -0.2) is 31.3 Å². The van der Waals surface area contributed by atoms with Crippen LogP contribution in [0.3, 0.4) is 0 Å². The van der Waals surface area contributed by atoms with Crippen molar-refractivity contribution in [1.29, 1.82) is 5.26 Å². The molecule has 1 atom stereocenters. The molecule has 1 aliphatic heterocycles. The van der Waals surface area contributed by atoms with Gasteiger partial charge in [0.1, 0.15) is 17.0 Å². The lowest BCUT2D eigenvalue weighted by molar-refractivity contribution is -0.134. The van der Waals surface area contributed by atoms with Gasteiger partial charge in [0.25, 0.3) is 0 Å². The SMILES string of the molecule is N#Cc1ncccc1S(=O)(=O)NC1CCC(=O)NC1=O. The third-order valence-corrected chi connectivity index (χ3v) is 4.21. The molecule has 1 saturated heterocycles. The van der Waals surface area contributed by atoms with E-state index in [9.17, 15) is 18.0 Å². The molecule has 0 aromatic carbocycles. The highest BCUT2D eigenvalue weighted by Gasteiger charge is 2.31. The molecular weight excluding hydrogens is 284 g/mol. The molecule has 1 aromatic heterocycles. The van der Waals surface area contributed by atoms with Gasteiger partial charge in [-0.25, -0.2) is 13.4 Å². The summed E-state index contributed by atoms with van der Waals surface area (Å²) in [7, 11) is -4.06. The average molecular weight is 294 g/mol. The molecule has 2 N–H and O–H groups in total. The summed E-state index contributed by atoms with van der Waals surface area (Å²) < 4.78 is 26.5. The van der Waals surface area contributed by atoms with Crippen molar-refractivity contribution in [3.05, 3.63) is 24.0 Å². The van der Waals surface area contributed by atoms with Crippen LogP contribution in [0.4, 0.5) is 0 Å². The molecule has 9 heteroatoms. The van der Waals surface area contributed by atoms with Gasteiger partial charge in [-0.2, -0.15) is 9.98 Å². The Bertz CT molecular complexity index is 707. The number of carbonyl (C=O) groups is 2. The molecule has 2 amide bonds. The van der Waals surface area contributed by atoms with Crippen LogP contribution in [0.5, 0.6) is 0 Å². The molecule has 0 bridgehead atoms. The van der Waals surface area contributed by atoms with Crippen LogP contribution in [0.2, 0.25) is 0 Å². The third-order valence-electron chi connectivity index (χ3n) is 2.70. The van der Waals surface area contributed by atoms with Gasteiger partial charge in [-0.05, 0) is 18.6 Å². The lowest BCUT2D eigenvalue weighted by atomic mass is 10.1. The van der Waals surface area contributed by atoms with Gasteiger partial charge in [-0.1, -0.05) is 0 Å². The van der Waals surface area contributed by atoms with Crippen molar-refractivity contribution in [3.8, 4) is 6.07 Å². The monoisotopic (exact) mass is 294 g/mol. The van der Waals surface area contributed by atoms with E-state index in [0.717, 1.165) is 0 Å². The number of sulfonamides is 1. The van der Waals surface area contributed by atoms with Crippen molar-refractivity contribution >= 4 is 21.8 Å². The van der Waals surface area contributed by atoms with E-state index in [1.165, 1.54) is 18.3 Å². The molecule has 8 nitrogen and oxygen atoms in total. The first-order valence-corrected chi connectivity index (χ1v) is 7.13. The maximum absolute atomic E-state index is 12.1. The van der Waals surface area contributed by atoms with Crippen molar-refractivity contribution in [1.82, 2.24) is 15.0 Å². The average Bonchev–Trinajstić information content (AvgIpc) is 2.42. The van der Waals surface area contributed by atoms with Crippen LogP contribution < -0.4 is 10.0 Å². The fraction of sp³-hybridized carbons (Fsp3) is 0.273. The van der Waals surface area contributed by atoms with Crippen molar-refractivity contribution in [2.24, 2.45) is 0 Å². The Balaban J connectivity index is 2.26. The molecule has 2 heterocycles. The zero-order valence-corrected chi connectivity index (χ0v) is 11.0. The predicted molar refractivity (Wildman–Crippen MR) is 65.4 cm³/mol. The Morgan fingerprint density at radius 2 is 2.20 bits per heavy atom. The predicted octanol–water partition coefficient (Wildman–Crippen LogP) is -0.963. The van der Waals surface area contributed by atoms with E-state index in [-0.39, 0.29) is 23.4 Å². The summed E-state index contributed by atoms with van der Waals surface area (Å²) in [4.78, 5) is 25.9. The quantitative estimate of drug-likeness (QED) is 0.690. The molecule has 2 rings (SSSR count). The summed E-state index contributed by atoms with van der Waals surface area (Å²) in [6.07, 6.45) is 1.42. The highest BCUT2D eigenvalue weighted by Crippen LogP contribution is 2.14. The number of nitrogens with one attached hydrogen (secondary N) is 2. The van der Waals surface area contributed by atoms with Crippen LogP contribution in [0.15, 0.2) is 23.2 Å². The normalized spacial score (nSPS) is 19.2. The van der Waals surface area contributed by atoms with Crippen molar-refractivity contribution in [2.45, 2.75) is 23.8 Å². The topological polar surface area (TPSA) is 129 Å². The molecule has 0 spiro atoms. The second-order valence-corrected chi connectivity index (χ2v) is 5.77. The first-order chi connectivity index (χ1) is 9.44. The summed E-state index contributed by atoms with van der Waals surface area (Å²) >= 11 is 0. The number of imide groups is 1. The maximum Gasteiger partial charge on any atom is 0.244 e. The summed E-state index contributed by atoms with van der Waals surface area (Å²) in [5.41, 5.74) is -0.257. The number of hydrogen-bond donors (Lipinski definition) is 2. The number of rotatable bonds is 3. The first kappa shape index (κ1) is 14.1. The van der Waals surface area contributed by atoms with E-state index in [0.29, 0.717) is 0 Å². The Morgan fingerprint density at radius 1 is 1.45 bits per heavy atom. The van der Waals surface area contributed by atoms with Crippen molar-refractivity contribution in [3.63, 3.8) is 0 Å². The highest BCUT2D eigenvalue weighted by molar-refractivity contribution is 7.89. The van der Waals surface area contributed by atoms with Crippen LogP contribution in [-0.2, 0) is 19.6 Å². The van der Waals surface area contributed by atoms with Crippen LogP contribution in [0.1, 0.15) is 18.5 Å². The standard InChI is InChI=1S/C11H10N4O4S/c12-6-8-9(2-1-5-13-8)20(18,19)15-7-3-4-10(16)14-11(7)17/h1-2,5,7,15H,3-4H2,(H,14,16,17). The Labute approximate surface area is 114 Å². The molecule has 0 radical (unpaired) electrons. The van der Waals surface area contributed by atoms with E-state index < -0.39 is 27.9 Å². The number of hydrogen-bond acceptors (Lipinski definition) is 6. The number of piperidine rings is 1. The molecule has 20 heavy (non-hydrogen) atoms. The van der Waals surface area contributed by atoms with Gasteiger partial charge in [0.05, 0.1) is 0 Å². The van der Waals surface area contributed by atoms with Gasteiger partial charge < -0.3 is 0 Å². The second-order valence-electron chi connectivity index (χ2n) is 4.09. The smallest absolute Gasteiger partial charge is 0.244 e. The van der Waals surface area contributed by atoms with Gasteiger partial charge in [0.15, 0.2) is 5.69 Å². The number of aromatic nitrogens is 1. The fourth-order valence-corrected chi connectivity index (χ4v) is 3.09. The number of pyridine rings is 1. The summed E-state index contributed by atoms with van der Waals surface area (Å²) in [5.74, 6) is -1.14. The van der Waals surface area contributed by atoms with Gasteiger partial charge in [0, 0.05) is 12.6 Å². The van der Waals surface area contributed by atoms with Gasteiger partial charge >= 0.3 is 0 Å². The number of nitrogens with zero attached hydrogens (tertiary/aromatic N) is 2. The van der Waals surface area contributed by atoms with E-state index in [1.807, 2.05) is 5.32 Å². The lowest BCUT2D eigenvalue weighted by Gasteiger charge is -2.21. The largest absolute Gasteiger partial charge is 0.295 e. The lowest BCUT2D eigenvalue weighted by Crippen LogP contribution is -2.52. The van der Waals surface area contributed by atoms with Crippen LogP contribution >= 0.6 is 0 Å². The number of nitriles is 1. The van der Waals surface area contributed by atoms with E-state index in [1.54, 1.807) is 6.07 Å². The van der Waals surface area contributed by atoms with Crippen LogP contribution in [0, 0.1) is 11.3 Å². The minimum Gasteiger partial charge on any atom is -0.295 e. The summed E-state index contributed by atoms with van der Waals surface area (Å²) in [6.45, 7) is 0. The first-order valence-electron chi connectivity index (χ1n) is 5.65. The zero-order chi connectivity index (χ0) is 14.8. The number of amides is 2. The van der Waals surface area contributed by atoms with Gasteiger partial charge in [0.2, 0.25) is 21.8 Å². The molecular formula is C11H10N4O4S. The Morgan fingerprint density at radius 3 is 2.85 bits per heavy atom. The molecule has 1 aromatic rings. The minimum atomic E-state index is -4.06. The van der Waals surface area contributed by atoms with Crippen LogP contribution in [0.25, 0.3) is 0 Å². The third kappa shape index (κ3) is 2.81. The molecule has 1 fully saturated rings.